The van der Waals surface area contributed by atoms with Crippen LogP contribution in [0.1, 0.15) is 38.3 Å². The smallest absolute Gasteiger partial charge is 0.410 e. The average Bonchev–Trinajstić information content (AvgIpc) is 3.28. The second-order valence-electron chi connectivity index (χ2n) is 9.93. The van der Waals surface area contributed by atoms with Crippen molar-refractivity contribution in [2.45, 2.75) is 44.2 Å². The van der Waals surface area contributed by atoms with E-state index in [0.717, 1.165) is 33.0 Å². The van der Waals surface area contributed by atoms with Crippen molar-refractivity contribution < 1.29 is 22.3 Å². The lowest BCUT2D eigenvalue weighted by atomic mass is 10.0. The van der Waals surface area contributed by atoms with Crippen LogP contribution >= 0.6 is 11.8 Å². The molecule has 1 amide bonds. The van der Waals surface area contributed by atoms with Gasteiger partial charge >= 0.3 is 6.09 Å². The van der Waals surface area contributed by atoms with E-state index in [2.05, 4.69) is 6.08 Å². The molecule has 2 aromatic carbocycles. The zero-order chi connectivity index (χ0) is 26.8. The Bertz CT molecular complexity index is 1440. The van der Waals surface area contributed by atoms with Crippen molar-refractivity contribution in [3.63, 3.8) is 0 Å². The van der Waals surface area contributed by atoms with Gasteiger partial charge in [0, 0.05) is 24.6 Å². The second-order valence-corrected chi connectivity index (χ2v) is 12.9. The lowest BCUT2D eigenvalue weighted by Crippen LogP contribution is -2.33. The third-order valence-electron chi connectivity index (χ3n) is 5.84. The van der Waals surface area contributed by atoms with Gasteiger partial charge in [0.2, 0.25) is 0 Å². The summed E-state index contributed by atoms with van der Waals surface area (Å²) in [4.78, 5) is 14.0. The van der Waals surface area contributed by atoms with E-state index in [1.165, 1.54) is 17.2 Å². The fourth-order valence-electron chi connectivity index (χ4n) is 4.08. The lowest BCUT2D eigenvalue weighted by Gasteiger charge is -2.24. The molecule has 9 heteroatoms. The number of allylic oxidation sites excluding steroid dienone is 1. The zero-order valence-corrected chi connectivity index (χ0v) is 23.0. The van der Waals surface area contributed by atoms with Gasteiger partial charge in [-0.3, -0.25) is 0 Å². The molecule has 37 heavy (non-hydrogen) atoms. The normalized spacial score (nSPS) is 14.2. The summed E-state index contributed by atoms with van der Waals surface area (Å²) in [5.74, 6) is 1.35. The van der Waals surface area contributed by atoms with Crippen molar-refractivity contribution in [3.8, 4) is 11.3 Å². The molecule has 0 radical (unpaired) electrons. The molecule has 0 unspecified atom stereocenters. The molecule has 1 aromatic heterocycles. The minimum absolute atomic E-state index is 0.0868. The first kappa shape index (κ1) is 27.0. The summed E-state index contributed by atoms with van der Waals surface area (Å²) >= 11 is 1.84. The van der Waals surface area contributed by atoms with Crippen LogP contribution in [0, 0.1) is 5.82 Å². The number of benzene rings is 2. The van der Waals surface area contributed by atoms with E-state index in [1.54, 1.807) is 70.3 Å². The van der Waals surface area contributed by atoms with Gasteiger partial charge in [-0.15, -0.1) is 0 Å². The quantitative estimate of drug-likeness (QED) is 0.360. The summed E-state index contributed by atoms with van der Waals surface area (Å²) in [6.45, 7) is 5.40. The number of amides is 1. The van der Waals surface area contributed by atoms with E-state index >= 15 is 0 Å². The fourth-order valence-corrected chi connectivity index (χ4v) is 6.37. The van der Waals surface area contributed by atoms with Crippen LogP contribution in [-0.4, -0.2) is 47.5 Å². The standard InChI is InChI=1S/C28H31FN2O4S2/c1-28(2,3)35-27(32)30(4)18-20-16-26(24-10-5-6-11-25(24)29)31(19-20)37(33,34)23-9-7-8-22(17-23)21-12-14-36-15-13-21/h5-12,16-17,19H,13-15,18H2,1-4H3. The molecule has 0 spiro atoms. The van der Waals surface area contributed by atoms with Crippen molar-refractivity contribution in [2.24, 2.45) is 0 Å². The molecule has 6 nitrogen and oxygen atoms in total. The monoisotopic (exact) mass is 542 g/mol. The van der Waals surface area contributed by atoms with Gasteiger partial charge in [-0.25, -0.2) is 21.6 Å². The number of hydrogen-bond donors (Lipinski definition) is 0. The van der Waals surface area contributed by atoms with Gasteiger partial charge in [-0.2, -0.15) is 11.8 Å². The van der Waals surface area contributed by atoms with E-state index in [1.807, 2.05) is 17.8 Å². The van der Waals surface area contributed by atoms with Crippen LogP contribution in [0.3, 0.4) is 0 Å². The first-order valence-corrected chi connectivity index (χ1v) is 14.6. The molecule has 0 saturated carbocycles. The van der Waals surface area contributed by atoms with Crippen LogP contribution < -0.4 is 0 Å². The Labute approximate surface area is 222 Å². The summed E-state index contributed by atoms with van der Waals surface area (Å²) < 4.78 is 49.2. The van der Waals surface area contributed by atoms with Crippen LogP contribution in [-0.2, 0) is 21.3 Å². The first-order chi connectivity index (χ1) is 17.5. The SMILES string of the molecule is CN(Cc1cc(-c2ccccc2F)n(S(=O)(=O)c2cccc(C3=CCSCC3)c2)c1)C(=O)OC(C)(C)C. The summed E-state index contributed by atoms with van der Waals surface area (Å²) in [7, 11) is -2.51. The number of thioether (sulfide) groups is 1. The molecule has 3 aromatic rings. The van der Waals surface area contributed by atoms with Crippen LogP contribution in [0.4, 0.5) is 9.18 Å². The Balaban J connectivity index is 1.76. The van der Waals surface area contributed by atoms with Crippen molar-refractivity contribution in [2.75, 3.05) is 18.6 Å². The molecule has 0 bridgehead atoms. The van der Waals surface area contributed by atoms with E-state index in [-0.39, 0.29) is 22.7 Å². The predicted octanol–water partition coefficient (Wildman–Crippen LogP) is 6.42. The Hall–Kier alpha value is -3.04. The molecule has 1 aliphatic rings. The maximum atomic E-state index is 14.8. The summed E-state index contributed by atoms with van der Waals surface area (Å²) in [5.41, 5.74) is 2.18. The number of hydrogen-bond acceptors (Lipinski definition) is 5. The highest BCUT2D eigenvalue weighted by atomic mass is 32.2. The molecule has 0 atom stereocenters. The second kappa shape index (κ2) is 10.8. The van der Waals surface area contributed by atoms with Crippen LogP contribution in [0.2, 0.25) is 0 Å². The number of nitrogens with zero attached hydrogens (tertiary/aromatic N) is 2. The van der Waals surface area contributed by atoms with Crippen LogP contribution in [0.25, 0.3) is 16.8 Å². The van der Waals surface area contributed by atoms with Crippen molar-refractivity contribution in [3.05, 3.63) is 83.8 Å². The average molecular weight is 543 g/mol. The third-order valence-corrected chi connectivity index (χ3v) is 8.41. The maximum absolute atomic E-state index is 14.8. The van der Waals surface area contributed by atoms with E-state index in [9.17, 15) is 17.6 Å². The molecule has 0 saturated heterocycles. The van der Waals surface area contributed by atoms with E-state index < -0.39 is 27.5 Å². The Kier molecular flexibility index (Phi) is 7.85. The van der Waals surface area contributed by atoms with Crippen molar-refractivity contribution >= 4 is 33.5 Å². The maximum Gasteiger partial charge on any atom is 0.410 e. The van der Waals surface area contributed by atoms with Gasteiger partial charge in [-0.05, 0) is 80.0 Å². The van der Waals surface area contributed by atoms with Gasteiger partial charge in [0.25, 0.3) is 10.0 Å². The van der Waals surface area contributed by atoms with E-state index in [0.29, 0.717) is 5.56 Å². The molecule has 1 aliphatic heterocycles. The summed E-state index contributed by atoms with van der Waals surface area (Å²) in [6.07, 6.45) is 3.91. The van der Waals surface area contributed by atoms with Gasteiger partial charge in [0.15, 0.2) is 0 Å². The Morgan fingerprint density at radius 3 is 2.57 bits per heavy atom. The minimum Gasteiger partial charge on any atom is -0.444 e. The van der Waals surface area contributed by atoms with Gasteiger partial charge in [0.05, 0.1) is 17.1 Å². The predicted molar refractivity (Wildman–Crippen MR) is 146 cm³/mol. The molecule has 2 heterocycles. The number of ether oxygens (including phenoxy) is 1. The molecule has 0 fully saturated rings. The highest BCUT2D eigenvalue weighted by Gasteiger charge is 2.26. The number of carbonyl (C=O) groups is 1. The zero-order valence-electron chi connectivity index (χ0n) is 21.4. The minimum atomic E-state index is -4.08. The summed E-state index contributed by atoms with van der Waals surface area (Å²) in [6, 6.07) is 14.5. The topological polar surface area (TPSA) is 68.6 Å². The molecular formula is C28H31FN2O4S2. The van der Waals surface area contributed by atoms with Crippen molar-refractivity contribution in [1.29, 1.82) is 0 Å². The largest absolute Gasteiger partial charge is 0.444 e. The third kappa shape index (κ3) is 6.27. The van der Waals surface area contributed by atoms with Crippen LogP contribution in [0.15, 0.2) is 71.8 Å². The van der Waals surface area contributed by atoms with E-state index in [4.69, 9.17) is 4.74 Å². The highest BCUT2D eigenvalue weighted by molar-refractivity contribution is 7.99. The fraction of sp³-hybridized carbons (Fsp3) is 0.321. The Morgan fingerprint density at radius 2 is 1.89 bits per heavy atom. The highest BCUT2D eigenvalue weighted by Crippen LogP contribution is 2.32. The van der Waals surface area contributed by atoms with Gasteiger partial charge < -0.3 is 9.64 Å². The number of rotatable bonds is 6. The molecule has 196 valence electrons. The molecule has 4 rings (SSSR count). The molecule has 0 aliphatic carbocycles. The Morgan fingerprint density at radius 1 is 1.14 bits per heavy atom. The molecular weight excluding hydrogens is 511 g/mol. The lowest BCUT2D eigenvalue weighted by molar-refractivity contribution is 0.0285. The van der Waals surface area contributed by atoms with Crippen molar-refractivity contribution in [1.82, 2.24) is 8.87 Å². The first-order valence-electron chi connectivity index (χ1n) is 12.0. The summed E-state index contributed by atoms with van der Waals surface area (Å²) in [5, 5.41) is 0. The molecule has 0 N–H and O–H groups in total. The number of aromatic nitrogens is 1. The van der Waals surface area contributed by atoms with Gasteiger partial charge in [-0.1, -0.05) is 30.3 Å². The van der Waals surface area contributed by atoms with Crippen LogP contribution in [0.5, 0.6) is 0 Å². The number of halogens is 1. The number of carbonyl (C=O) groups excluding carboxylic acids is 1. The van der Waals surface area contributed by atoms with Gasteiger partial charge in [0.1, 0.15) is 11.4 Å².